The third-order valence-corrected chi connectivity index (χ3v) is 6.10. The Kier molecular flexibility index (Phi) is 4.82. The number of carbonyl (C=O) groups is 1. The van der Waals surface area contributed by atoms with Crippen LogP contribution < -0.4 is 0 Å². The summed E-state index contributed by atoms with van der Waals surface area (Å²) in [4.78, 5) is 19.7. The van der Waals surface area contributed by atoms with Gasteiger partial charge in [0.2, 0.25) is 5.91 Å². The number of hydrogen-bond donors (Lipinski definition) is 0. The van der Waals surface area contributed by atoms with Gasteiger partial charge in [0.15, 0.2) is 0 Å². The van der Waals surface area contributed by atoms with Crippen molar-refractivity contribution in [1.29, 1.82) is 0 Å². The standard InChI is InChI=1S/C19H29N3O3/c1-21-10-9-20-17(21)16-15(6-12-24-16)18(23)22-11-13-25-19(14-22)7-4-2-3-5-8-19/h9-10,15-16H,2-8,11-14H2,1H3/t15-,16-/m1/s1. The number of aromatic nitrogens is 2. The Morgan fingerprint density at radius 2 is 2.04 bits per heavy atom. The molecule has 4 rings (SSSR count). The average Bonchev–Trinajstić information content (AvgIpc) is 3.20. The maximum Gasteiger partial charge on any atom is 0.229 e. The SMILES string of the molecule is Cn1ccnc1[C@@H]1OCC[C@H]1C(=O)N1CCOC2(CCCCCC2)C1. The van der Waals surface area contributed by atoms with E-state index in [-0.39, 0.29) is 23.5 Å². The van der Waals surface area contributed by atoms with Crippen molar-refractivity contribution in [2.24, 2.45) is 13.0 Å². The van der Waals surface area contributed by atoms with Gasteiger partial charge in [0, 0.05) is 39.1 Å². The summed E-state index contributed by atoms with van der Waals surface area (Å²) in [6, 6.07) is 0. The van der Waals surface area contributed by atoms with Crippen molar-refractivity contribution < 1.29 is 14.3 Å². The number of carbonyl (C=O) groups excluding carboxylic acids is 1. The van der Waals surface area contributed by atoms with E-state index in [0.29, 0.717) is 19.8 Å². The molecule has 3 fully saturated rings. The largest absolute Gasteiger partial charge is 0.371 e. The summed E-state index contributed by atoms with van der Waals surface area (Å²) in [7, 11) is 1.96. The van der Waals surface area contributed by atoms with Crippen LogP contribution in [0.25, 0.3) is 0 Å². The highest BCUT2D eigenvalue weighted by Gasteiger charge is 2.44. The molecule has 138 valence electrons. The molecule has 0 unspecified atom stereocenters. The zero-order valence-corrected chi connectivity index (χ0v) is 15.2. The molecule has 1 saturated carbocycles. The van der Waals surface area contributed by atoms with Crippen molar-refractivity contribution >= 4 is 5.91 Å². The van der Waals surface area contributed by atoms with Gasteiger partial charge < -0.3 is 18.9 Å². The van der Waals surface area contributed by atoms with Crippen molar-refractivity contribution in [3.63, 3.8) is 0 Å². The lowest BCUT2D eigenvalue weighted by Crippen LogP contribution is -2.55. The van der Waals surface area contributed by atoms with Crippen LogP contribution in [0.4, 0.5) is 0 Å². The number of amides is 1. The van der Waals surface area contributed by atoms with E-state index < -0.39 is 0 Å². The number of imidazole rings is 1. The van der Waals surface area contributed by atoms with Crippen molar-refractivity contribution in [3.05, 3.63) is 18.2 Å². The zero-order chi connectivity index (χ0) is 17.3. The molecule has 2 saturated heterocycles. The topological polar surface area (TPSA) is 56.6 Å². The minimum atomic E-state index is -0.222. The van der Waals surface area contributed by atoms with Gasteiger partial charge >= 0.3 is 0 Å². The number of morpholine rings is 1. The number of nitrogens with zero attached hydrogens (tertiary/aromatic N) is 3. The van der Waals surface area contributed by atoms with Gasteiger partial charge in [0.25, 0.3) is 0 Å². The molecule has 2 atom stereocenters. The fraction of sp³-hybridized carbons (Fsp3) is 0.789. The summed E-state index contributed by atoms with van der Waals surface area (Å²) in [5, 5.41) is 0. The lowest BCUT2D eigenvalue weighted by atomic mass is 9.90. The smallest absolute Gasteiger partial charge is 0.229 e. The fourth-order valence-electron chi connectivity index (χ4n) is 4.69. The molecule has 1 aromatic rings. The summed E-state index contributed by atoms with van der Waals surface area (Å²) in [6.07, 6.45) is 11.4. The molecule has 0 radical (unpaired) electrons. The minimum Gasteiger partial charge on any atom is -0.371 e. The average molecular weight is 347 g/mol. The van der Waals surface area contributed by atoms with Crippen LogP contribution in [0.3, 0.4) is 0 Å². The van der Waals surface area contributed by atoms with Gasteiger partial charge in [-0.25, -0.2) is 4.98 Å². The minimum absolute atomic E-state index is 0.109. The lowest BCUT2D eigenvalue weighted by molar-refractivity contribution is -0.158. The summed E-state index contributed by atoms with van der Waals surface area (Å²) >= 11 is 0. The molecule has 0 N–H and O–H groups in total. The van der Waals surface area contributed by atoms with Gasteiger partial charge in [0.05, 0.1) is 18.1 Å². The maximum absolute atomic E-state index is 13.3. The third-order valence-electron chi connectivity index (χ3n) is 6.10. The quantitative estimate of drug-likeness (QED) is 0.825. The highest BCUT2D eigenvalue weighted by atomic mass is 16.5. The number of ether oxygens (including phenoxy) is 2. The normalized spacial score (nSPS) is 29.7. The summed E-state index contributed by atoms with van der Waals surface area (Å²) in [5.41, 5.74) is -0.109. The van der Waals surface area contributed by atoms with Crippen LogP contribution in [0.2, 0.25) is 0 Å². The lowest BCUT2D eigenvalue weighted by Gasteiger charge is -2.43. The van der Waals surface area contributed by atoms with E-state index in [1.54, 1.807) is 6.20 Å². The van der Waals surface area contributed by atoms with Crippen LogP contribution in [0.1, 0.15) is 56.9 Å². The first-order valence-electron chi connectivity index (χ1n) is 9.70. The Bertz CT molecular complexity index is 607. The molecule has 2 aliphatic heterocycles. The predicted octanol–water partition coefficient (Wildman–Crippen LogP) is 2.45. The van der Waals surface area contributed by atoms with E-state index in [9.17, 15) is 4.79 Å². The number of hydrogen-bond acceptors (Lipinski definition) is 4. The zero-order valence-electron chi connectivity index (χ0n) is 15.2. The first-order valence-corrected chi connectivity index (χ1v) is 9.70. The molecular formula is C19H29N3O3. The van der Waals surface area contributed by atoms with Gasteiger partial charge in [-0.05, 0) is 19.3 Å². The van der Waals surface area contributed by atoms with E-state index in [0.717, 1.165) is 31.6 Å². The monoisotopic (exact) mass is 347 g/mol. The van der Waals surface area contributed by atoms with E-state index in [1.165, 1.54) is 25.7 Å². The van der Waals surface area contributed by atoms with E-state index >= 15 is 0 Å². The third kappa shape index (κ3) is 3.34. The van der Waals surface area contributed by atoms with E-state index in [4.69, 9.17) is 9.47 Å². The molecule has 1 aliphatic carbocycles. The molecular weight excluding hydrogens is 318 g/mol. The Morgan fingerprint density at radius 1 is 1.24 bits per heavy atom. The first kappa shape index (κ1) is 17.0. The first-order chi connectivity index (χ1) is 12.2. The van der Waals surface area contributed by atoms with Gasteiger partial charge in [-0.2, -0.15) is 0 Å². The maximum atomic E-state index is 13.3. The Labute approximate surface area is 149 Å². The second-order valence-corrected chi connectivity index (χ2v) is 7.79. The Morgan fingerprint density at radius 3 is 2.76 bits per heavy atom. The molecule has 3 heterocycles. The molecule has 1 aromatic heterocycles. The summed E-state index contributed by atoms with van der Waals surface area (Å²) in [5.74, 6) is 0.952. The number of rotatable bonds is 2. The van der Waals surface area contributed by atoms with Gasteiger partial charge in [-0.3, -0.25) is 4.79 Å². The van der Waals surface area contributed by atoms with Crippen LogP contribution in [-0.4, -0.2) is 52.3 Å². The van der Waals surface area contributed by atoms with Crippen LogP contribution in [0.5, 0.6) is 0 Å². The molecule has 0 aromatic carbocycles. The van der Waals surface area contributed by atoms with Crippen LogP contribution in [0, 0.1) is 5.92 Å². The second kappa shape index (κ2) is 7.08. The molecule has 0 bridgehead atoms. The fourth-order valence-corrected chi connectivity index (χ4v) is 4.69. The molecule has 1 amide bonds. The Balaban J connectivity index is 1.49. The van der Waals surface area contributed by atoms with Crippen LogP contribution >= 0.6 is 0 Å². The molecule has 6 heteroatoms. The van der Waals surface area contributed by atoms with Gasteiger partial charge in [0.1, 0.15) is 11.9 Å². The number of aryl methyl sites for hydroxylation is 1. The van der Waals surface area contributed by atoms with Crippen molar-refractivity contribution in [2.45, 2.75) is 56.7 Å². The van der Waals surface area contributed by atoms with Crippen LogP contribution in [0.15, 0.2) is 12.4 Å². The predicted molar refractivity (Wildman–Crippen MR) is 93.0 cm³/mol. The highest BCUT2D eigenvalue weighted by molar-refractivity contribution is 5.80. The summed E-state index contributed by atoms with van der Waals surface area (Å²) in [6.45, 7) is 2.73. The highest BCUT2D eigenvalue weighted by Crippen LogP contribution is 2.38. The van der Waals surface area contributed by atoms with Crippen molar-refractivity contribution in [1.82, 2.24) is 14.5 Å². The van der Waals surface area contributed by atoms with Gasteiger partial charge in [-0.15, -0.1) is 0 Å². The van der Waals surface area contributed by atoms with Gasteiger partial charge in [-0.1, -0.05) is 25.7 Å². The molecule has 3 aliphatic rings. The van der Waals surface area contributed by atoms with E-state index in [1.807, 2.05) is 22.7 Å². The molecule has 25 heavy (non-hydrogen) atoms. The molecule has 1 spiro atoms. The van der Waals surface area contributed by atoms with Crippen LogP contribution in [-0.2, 0) is 21.3 Å². The van der Waals surface area contributed by atoms with Crippen molar-refractivity contribution in [3.8, 4) is 0 Å². The second-order valence-electron chi connectivity index (χ2n) is 7.79. The van der Waals surface area contributed by atoms with Crippen molar-refractivity contribution in [2.75, 3.05) is 26.3 Å². The molecule has 6 nitrogen and oxygen atoms in total. The summed E-state index contributed by atoms with van der Waals surface area (Å²) < 4.78 is 14.1. The Hall–Kier alpha value is -1.40. The van der Waals surface area contributed by atoms with E-state index in [2.05, 4.69) is 4.98 Å².